The Labute approximate surface area is 137 Å². The summed E-state index contributed by atoms with van der Waals surface area (Å²) >= 11 is 0. The van der Waals surface area contributed by atoms with Crippen molar-refractivity contribution in [3.8, 4) is 0 Å². The van der Waals surface area contributed by atoms with Crippen molar-refractivity contribution in [2.45, 2.75) is 32.6 Å². The molecular weight excluding hydrogens is 312 g/mol. The third-order valence-electron chi connectivity index (χ3n) is 4.38. The number of fused-ring (bicyclic) bond motifs is 1. The Hall–Kier alpha value is -1.63. The lowest BCUT2D eigenvalue weighted by molar-refractivity contribution is 0.435. The molecule has 0 atom stereocenters. The van der Waals surface area contributed by atoms with E-state index in [-0.39, 0.29) is 11.8 Å². The Balaban J connectivity index is 1.83. The molecule has 1 saturated heterocycles. The zero-order chi connectivity index (χ0) is 16.6. The highest BCUT2D eigenvalue weighted by atomic mass is 32.2. The smallest absolute Gasteiger partial charge is 0.147 e. The molecule has 0 radical (unpaired) electrons. The van der Waals surface area contributed by atoms with E-state index in [1.54, 1.807) is 0 Å². The summed E-state index contributed by atoms with van der Waals surface area (Å²) in [4.78, 5) is 14.8. The molecule has 0 saturated carbocycles. The molecule has 1 aliphatic rings. The fourth-order valence-corrected chi connectivity index (χ4v) is 4.37. The number of hydrogen-bond donors (Lipinski definition) is 1. The van der Waals surface area contributed by atoms with E-state index in [4.69, 9.17) is 4.98 Å². The number of H-pyrrole nitrogens is 1. The van der Waals surface area contributed by atoms with Crippen LogP contribution in [0.3, 0.4) is 0 Å². The van der Waals surface area contributed by atoms with Gasteiger partial charge in [-0.25, -0.2) is 18.4 Å². The minimum atomic E-state index is -2.90. The molecule has 0 aromatic carbocycles. The first-order valence-electron chi connectivity index (χ1n) is 8.11. The zero-order valence-electron chi connectivity index (χ0n) is 13.9. The summed E-state index contributed by atoms with van der Waals surface area (Å²) in [5, 5.41) is 1.04. The van der Waals surface area contributed by atoms with Crippen molar-refractivity contribution in [3.63, 3.8) is 0 Å². The van der Waals surface area contributed by atoms with E-state index in [0.717, 1.165) is 48.6 Å². The number of nitrogens with one attached hydrogen (secondary N) is 1. The summed E-state index contributed by atoms with van der Waals surface area (Å²) in [6, 6.07) is 2.01. The fraction of sp³-hybridized carbons (Fsp3) is 0.625. The number of nitrogens with zero attached hydrogens (tertiary/aromatic N) is 3. The van der Waals surface area contributed by atoms with Crippen LogP contribution in [-0.2, 0) is 9.84 Å². The van der Waals surface area contributed by atoms with Gasteiger partial charge in [0.05, 0.1) is 11.1 Å². The van der Waals surface area contributed by atoms with Crippen molar-refractivity contribution in [2.75, 3.05) is 30.0 Å². The molecule has 0 spiro atoms. The highest BCUT2D eigenvalue weighted by Crippen LogP contribution is 2.29. The standard InChI is InChI=1S/C16H24N4O2S/c1-11(2)14-18-15-13(4-7-17-15)16(19-14)20-8-5-12(6-9-20)10-23(3,21)22/h4,7,11-12H,5-6,8-10H2,1-3H3,(H,17,18,19). The Morgan fingerprint density at radius 3 is 2.61 bits per heavy atom. The highest BCUT2D eigenvalue weighted by Gasteiger charge is 2.25. The number of sulfone groups is 1. The lowest BCUT2D eigenvalue weighted by Gasteiger charge is -2.33. The average Bonchev–Trinajstić information content (AvgIpc) is 2.93. The summed E-state index contributed by atoms with van der Waals surface area (Å²) < 4.78 is 22.9. The van der Waals surface area contributed by atoms with Gasteiger partial charge in [0.25, 0.3) is 0 Å². The summed E-state index contributed by atoms with van der Waals surface area (Å²) in [5.74, 6) is 2.63. The molecule has 0 unspecified atom stereocenters. The summed E-state index contributed by atoms with van der Waals surface area (Å²) in [6.07, 6.45) is 4.99. The second kappa shape index (κ2) is 6.11. The van der Waals surface area contributed by atoms with Crippen molar-refractivity contribution < 1.29 is 8.42 Å². The maximum absolute atomic E-state index is 11.5. The molecule has 0 amide bonds. The molecule has 1 fully saturated rings. The topological polar surface area (TPSA) is 79.0 Å². The molecule has 1 aliphatic heterocycles. The Kier molecular flexibility index (Phi) is 4.31. The molecule has 0 bridgehead atoms. The number of rotatable bonds is 4. The number of aromatic amines is 1. The minimum absolute atomic E-state index is 0.259. The first kappa shape index (κ1) is 16.2. The van der Waals surface area contributed by atoms with Gasteiger partial charge < -0.3 is 9.88 Å². The van der Waals surface area contributed by atoms with Crippen LogP contribution in [0.2, 0.25) is 0 Å². The van der Waals surface area contributed by atoms with Crippen molar-refractivity contribution in [2.24, 2.45) is 5.92 Å². The van der Waals surface area contributed by atoms with Crippen LogP contribution in [0.15, 0.2) is 12.3 Å². The van der Waals surface area contributed by atoms with Crippen molar-refractivity contribution >= 4 is 26.7 Å². The molecule has 0 aliphatic carbocycles. The minimum Gasteiger partial charge on any atom is -0.356 e. The first-order valence-corrected chi connectivity index (χ1v) is 10.2. The van der Waals surface area contributed by atoms with Crippen molar-refractivity contribution in [3.05, 3.63) is 18.1 Å². The summed E-state index contributed by atoms with van der Waals surface area (Å²) in [7, 11) is -2.90. The normalized spacial score (nSPS) is 17.3. The van der Waals surface area contributed by atoms with Gasteiger partial charge in [0.1, 0.15) is 27.1 Å². The Morgan fingerprint density at radius 2 is 2.00 bits per heavy atom. The van der Waals surface area contributed by atoms with E-state index in [1.165, 1.54) is 6.26 Å². The molecule has 2 aromatic heterocycles. The zero-order valence-corrected chi connectivity index (χ0v) is 14.7. The summed E-state index contributed by atoms with van der Waals surface area (Å²) in [5.41, 5.74) is 0.872. The highest BCUT2D eigenvalue weighted by molar-refractivity contribution is 7.90. The largest absolute Gasteiger partial charge is 0.356 e. The molecule has 23 heavy (non-hydrogen) atoms. The van der Waals surface area contributed by atoms with Gasteiger partial charge in [-0.2, -0.15) is 0 Å². The van der Waals surface area contributed by atoms with Crippen molar-refractivity contribution in [1.29, 1.82) is 0 Å². The lowest BCUT2D eigenvalue weighted by Crippen LogP contribution is -2.36. The van der Waals surface area contributed by atoms with Gasteiger partial charge in [-0.15, -0.1) is 0 Å². The van der Waals surface area contributed by atoms with Crippen LogP contribution in [0.4, 0.5) is 5.82 Å². The van der Waals surface area contributed by atoms with E-state index in [1.807, 2.05) is 12.3 Å². The average molecular weight is 336 g/mol. The van der Waals surface area contributed by atoms with Crippen LogP contribution in [0.25, 0.3) is 11.0 Å². The molecule has 3 heterocycles. The SMILES string of the molecule is CC(C)c1nc(N2CCC(CS(C)(=O)=O)CC2)c2cc[nH]c2n1. The first-order chi connectivity index (χ1) is 10.8. The number of aromatic nitrogens is 3. The van der Waals surface area contributed by atoms with Gasteiger partial charge >= 0.3 is 0 Å². The Morgan fingerprint density at radius 1 is 1.30 bits per heavy atom. The number of hydrogen-bond acceptors (Lipinski definition) is 5. The third-order valence-corrected chi connectivity index (χ3v) is 5.46. The molecular formula is C16H24N4O2S. The summed E-state index contributed by atoms with van der Waals surface area (Å²) in [6.45, 7) is 5.86. The third kappa shape index (κ3) is 3.65. The fourth-order valence-electron chi connectivity index (χ4n) is 3.18. The van der Waals surface area contributed by atoms with E-state index in [9.17, 15) is 8.42 Å². The van der Waals surface area contributed by atoms with Crippen LogP contribution in [-0.4, -0.2) is 48.5 Å². The van der Waals surface area contributed by atoms with E-state index >= 15 is 0 Å². The van der Waals surface area contributed by atoms with E-state index in [0.29, 0.717) is 5.75 Å². The van der Waals surface area contributed by atoms with Gasteiger partial charge in [-0.1, -0.05) is 13.8 Å². The number of anilines is 1. The lowest BCUT2D eigenvalue weighted by atomic mass is 9.99. The predicted molar refractivity (Wildman–Crippen MR) is 92.6 cm³/mol. The van der Waals surface area contributed by atoms with Crippen LogP contribution in [0.5, 0.6) is 0 Å². The van der Waals surface area contributed by atoms with Crippen LogP contribution in [0, 0.1) is 5.92 Å². The van der Waals surface area contributed by atoms with Crippen LogP contribution >= 0.6 is 0 Å². The van der Waals surface area contributed by atoms with Gasteiger partial charge in [0.15, 0.2) is 0 Å². The van der Waals surface area contributed by atoms with E-state index in [2.05, 4.69) is 28.7 Å². The Bertz CT molecular complexity index is 790. The monoisotopic (exact) mass is 336 g/mol. The molecule has 3 rings (SSSR count). The van der Waals surface area contributed by atoms with Gasteiger partial charge in [0, 0.05) is 31.5 Å². The molecule has 2 aromatic rings. The number of piperidine rings is 1. The quantitative estimate of drug-likeness (QED) is 0.927. The maximum Gasteiger partial charge on any atom is 0.147 e. The van der Waals surface area contributed by atoms with Crippen LogP contribution in [0.1, 0.15) is 38.4 Å². The second-order valence-electron chi connectivity index (χ2n) is 6.82. The molecule has 7 heteroatoms. The van der Waals surface area contributed by atoms with Gasteiger partial charge in [0.2, 0.25) is 0 Å². The predicted octanol–water partition coefficient (Wildman–Crippen LogP) is 2.34. The van der Waals surface area contributed by atoms with Gasteiger partial charge in [-0.3, -0.25) is 0 Å². The van der Waals surface area contributed by atoms with Crippen molar-refractivity contribution in [1.82, 2.24) is 15.0 Å². The van der Waals surface area contributed by atoms with E-state index < -0.39 is 9.84 Å². The van der Waals surface area contributed by atoms with Crippen LogP contribution < -0.4 is 4.90 Å². The maximum atomic E-state index is 11.5. The molecule has 126 valence electrons. The second-order valence-corrected chi connectivity index (χ2v) is 9.01. The molecule has 1 N–H and O–H groups in total. The molecule has 6 nitrogen and oxygen atoms in total. The van der Waals surface area contributed by atoms with Gasteiger partial charge in [-0.05, 0) is 24.8 Å².